The summed E-state index contributed by atoms with van der Waals surface area (Å²) < 4.78 is 12.0. The molecule has 2 amide bonds. The number of likely N-dealkylation sites (tertiary alicyclic amines) is 1. The Morgan fingerprint density at radius 1 is 1.17 bits per heavy atom. The number of alkyl halides is 1. The minimum Gasteiger partial charge on any atom is -0.466 e. The Labute approximate surface area is 253 Å². The summed E-state index contributed by atoms with van der Waals surface area (Å²) in [5, 5.41) is 12.7. The van der Waals surface area contributed by atoms with E-state index in [0.29, 0.717) is 17.7 Å². The van der Waals surface area contributed by atoms with Crippen LogP contribution in [0.2, 0.25) is 0 Å². The Morgan fingerprint density at radius 3 is 2.57 bits per heavy atom. The van der Waals surface area contributed by atoms with E-state index >= 15 is 0 Å². The lowest BCUT2D eigenvalue weighted by molar-refractivity contribution is -0.155. The van der Waals surface area contributed by atoms with Crippen molar-refractivity contribution in [2.75, 3.05) is 24.7 Å². The van der Waals surface area contributed by atoms with Gasteiger partial charge in [-0.25, -0.2) is 0 Å². The van der Waals surface area contributed by atoms with Crippen LogP contribution in [0.3, 0.4) is 0 Å². The summed E-state index contributed by atoms with van der Waals surface area (Å²) in [7, 11) is 0. The molecule has 1 unspecified atom stereocenters. The third kappa shape index (κ3) is 4.37. The van der Waals surface area contributed by atoms with Crippen LogP contribution in [0, 0.1) is 11.8 Å². The molecule has 3 fully saturated rings. The zero-order valence-corrected chi connectivity index (χ0v) is 24.9. The van der Waals surface area contributed by atoms with Crippen LogP contribution >= 0.6 is 15.9 Å². The fourth-order valence-corrected chi connectivity index (χ4v) is 8.11. The summed E-state index contributed by atoms with van der Waals surface area (Å²) in [5.41, 5.74) is 0.0419. The molecule has 0 radical (unpaired) electrons. The van der Waals surface area contributed by atoms with E-state index in [1.54, 1.807) is 17.9 Å². The van der Waals surface area contributed by atoms with Gasteiger partial charge in [0.25, 0.3) is 5.91 Å². The van der Waals surface area contributed by atoms with Gasteiger partial charge in [0.2, 0.25) is 5.91 Å². The quantitative estimate of drug-likeness (QED) is 0.213. The van der Waals surface area contributed by atoms with E-state index in [0.717, 1.165) is 10.8 Å². The predicted molar refractivity (Wildman–Crippen MR) is 162 cm³/mol. The van der Waals surface area contributed by atoms with Crippen molar-refractivity contribution in [2.45, 2.75) is 42.0 Å². The minimum atomic E-state index is -1.29. The summed E-state index contributed by atoms with van der Waals surface area (Å²) in [6.45, 7) is 5.55. The van der Waals surface area contributed by atoms with Crippen molar-refractivity contribution < 1.29 is 29.0 Å². The van der Waals surface area contributed by atoms with Gasteiger partial charge in [-0.15, -0.1) is 6.58 Å². The Kier molecular flexibility index (Phi) is 7.68. The number of halogens is 1. The van der Waals surface area contributed by atoms with Gasteiger partial charge in [-0.2, -0.15) is 0 Å². The molecule has 2 bridgehead atoms. The van der Waals surface area contributed by atoms with Crippen LogP contribution in [0.15, 0.2) is 85.5 Å². The molecule has 0 saturated carbocycles. The number of hydrogen-bond donors (Lipinski definition) is 1. The summed E-state index contributed by atoms with van der Waals surface area (Å²) in [5.74, 6) is -3.07. The van der Waals surface area contributed by atoms with Crippen molar-refractivity contribution >= 4 is 50.2 Å². The second-order valence-corrected chi connectivity index (χ2v) is 12.2. The molecule has 8 nitrogen and oxygen atoms in total. The predicted octanol–water partition coefficient (Wildman–Crippen LogP) is 4.40. The number of esters is 1. The number of carbonyl (C=O) groups is 3. The smallest absolute Gasteiger partial charge is 0.312 e. The standard InChI is InChI=1S/C33H33BrN2O6/c1-3-16-35(23-15-14-20-10-8-9-13-22(20)17-23)31(39)29-33-18-24(34)28(42-33)26(32(40)41-4-2)27(33)30(38)36(29)25(19-37)21-11-6-5-7-12-21/h3,5-15,17,24-29,37H,1,4,16,18-19H2,2H3/t24?,25-,26+,27-,28+,29+,33-/m1/s1. The van der Waals surface area contributed by atoms with Crippen LogP contribution in [-0.4, -0.2) is 70.1 Å². The van der Waals surface area contributed by atoms with Gasteiger partial charge in [0.15, 0.2) is 0 Å². The molecule has 218 valence electrons. The molecule has 0 aliphatic carbocycles. The minimum absolute atomic E-state index is 0.160. The normalized spacial score (nSPS) is 28.5. The number of hydrogen-bond acceptors (Lipinski definition) is 6. The first kappa shape index (κ1) is 28.6. The highest BCUT2D eigenvalue weighted by Crippen LogP contribution is 2.61. The Hall–Kier alpha value is -3.53. The number of fused-ring (bicyclic) bond motifs is 2. The molecule has 3 saturated heterocycles. The van der Waals surface area contributed by atoms with Crippen LogP contribution in [0.5, 0.6) is 0 Å². The number of carbonyl (C=O) groups excluding carboxylic acids is 3. The fraction of sp³-hybridized carbons (Fsp3) is 0.364. The monoisotopic (exact) mass is 632 g/mol. The maximum absolute atomic E-state index is 14.9. The second-order valence-electron chi connectivity index (χ2n) is 11.0. The van der Waals surface area contributed by atoms with Crippen LogP contribution in [0.25, 0.3) is 10.8 Å². The molecule has 6 rings (SSSR count). The van der Waals surface area contributed by atoms with E-state index in [4.69, 9.17) is 9.47 Å². The molecule has 3 aromatic carbocycles. The summed E-state index contributed by atoms with van der Waals surface area (Å²) in [6.07, 6.45) is 1.38. The molecule has 3 heterocycles. The van der Waals surface area contributed by atoms with Crippen molar-refractivity contribution in [1.29, 1.82) is 0 Å². The zero-order valence-electron chi connectivity index (χ0n) is 23.3. The highest BCUT2D eigenvalue weighted by atomic mass is 79.9. The van der Waals surface area contributed by atoms with Crippen molar-refractivity contribution in [3.63, 3.8) is 0 Å². The van der Waals surface area contributed by atoms with Crippen molar-refractivity contribution in [3.8, 4) is 0 Å². The van der Waals surface area contributed by atoms with Crippen molar-refractivity contribution in [1.82, 2.24) is 4.90 Å². The summed E-state index contributed by atoms with van der Waals surface area (Å²) in [4.78, 5) is 45.5. The molecule has 0 aromatic heterocycles. The Balaban J connectivity index is 1.50. The Morgan fingerprint density at radius 2 is 1.88 bits per heavy atom. The molecule has 42 heavy (non-hydrogen) atoms. The summed E-state index contributed by atoms with van der Waals surface area (Å²) in [6, 6.07) is 20.9. The number of anilines is 1. The van der Waals surface area contributed by atoms with E-state index in [2.05, 4.69) is 22.5 Å². The van der Waals surface area contributed by atoms with E-state index in [1.165, 1.54) is 4.90 Å². The first-order valence-corrected chi connectivity index (χ1v) is 15.2. The van der Waals surface area contributed by atoms with E-state index < -0.39 is 54.1 Å². The summed E-state index contributed by atoms with van der Waals surface area (Å²) >= 11 is 3.69. The van der Waals surface area contributed by atoms with Gasteiger partial charge in [0.1, 0.15) is 11.6 Å². The van der Waals surface area contributed by atoms with Crippen LogP contribution in [0.4, 0.5) is 5.69 Å². The maximum atomic E-state index is 14.9. The van der Waals surface area contributed by atoms with Crippen LogP contribution < -0.4 is 4.90 Å². The maximum Gasteiger partial charge on any atom is 0.312 e. The fourth-order valence-electron chi connectivity index (χ4n) is 7.16. The molecule has 3 aromatic rings. The Bertz CT molecular complexity index is 1530. The highest BCUT2D eigenvalue weighted by Gasteiger charge is 2.77. The van der Waals surface area contributed by atoms with E-state index in [1.807, 2.05) is 72.8 Å². The topological polar surface area (TPSA) is 96.4 Å². The average Bonchev–Trinajstić information content (AvgIpc) is 3.60. The molecular weight excluding hydrogens is 600 g/mol. The average molecular weight is 634 g/mol. The van der Waals surface area contributed by atoms with Crippen LogP contribution in [-0.2, 0) is 23.9 Å². The molecule has 3 aliphatic rings. The first-order chi connectivity index (χ1) is 20.4. The number of nitrogens with zero attached hydrogens (tertiary/aromatic N) is 2. The van der Waals surface area contributed by atoms with Gasteiger partial charge in [0.05, 0.1) is 37.2 Å². The molecule has 9 heteroatoms. The number of ether oxygens (including phenoxy) is 2. The van der Waals surface area contributed by atoms with Crippen LogP contribution in [0.1, 0.15) is 24.9 Å². The lowest BCUT2D eigenvalue weighted by atomic mass is 9.70. The first-order valence-electron chi connectivity index (χ1n) is 14.2. The van der Waals surface area contributed by atoms with Gasteiger partial charge < -0.3 is 24.4 Å². The van der Waals surface area contributed by atoms with Gasteiger partial charge in [-0.3, -0.25) is 14.4 Å². The molecule has 3 aliphatic heterocycles. The van der Waals surface area contributed by atoms with Crippen molar-refractivity contribution in [2.24, 2.45) is 11.8 Å². The van der Waals surface area contributed by atoms with Gasteiger partial charge in [-0.1, -0.05) is 82.7 Å². The van der Waals surface area contributed by atoms with Crippen molar-refractivity contribution in [3.05, 3.63) is 91.0 Å². The second kappa shape index (κ2) is 11.3. The number of amides is 2. The zero-order chi connectivity index (χ0) is 29.6. The molecule has 7 atom stereocenters. The third-order valence-corrected chi connectivity index (χ3v) is 9.68. The lowest BCUT2D eigenvalue weighted by Crippen LogP contribution is -2.57. The van der Waals surface area contributed by atoms with E-state index in [-0.39, 0.29) is 23.9 Å². The van der Waals surface area contributed by atoms with Gasteiger partial charge in [-0.05, 0) is 41.8 Å². The molecule has 1 spiro atoms. The SMILES string of the molecule is C=CCN(C(=O)[C@@H]1N([C@H](CO)c2ccccc2)C(=O)[C@H]2[C@H](C(=O)OCC)[C@H]3O[C@@]12CC3Br)c1ccc2ccccc2c1. The number of aliphatic hydroxyl groups is 1. The largest absolute Gasteiger partial charge is 0.466 e. The van der Waals surface area contributed by atoms with E-state index in [9.17, 15) is 19.5 Å². The molecular formula is C33H33BrN2O6. The number of aliphatic hydroxyl groups excluding tert-OH is 1. The number of rotatable bonds is 9. The van der Waals surface area contributed by atoms with Gasteiger partial charge in [0, 0.05) is 17.1 Å². The molecule has 1 N–H and O–H groups in total. The van der Waals surface area contributed by atoms with Gasteiger partial charge >= 0.3 is 5.97 Å². The third-order valence-electron chi connectivity index (χ3n) is 8.84. The highest BCUT2D eigenvalue weighted by molar-refractivity contribution is 9.09. The lowest BCUT2D eigenvalue weighted by Gasteiger charge is -2.39. The number of benzene rings is 3.